The van der Waals surface area contributed by atoms with Crippen molar-refractivity contribution in [2.45, 2.75) is 13.5 Å². The van der Waals surface area contributed by atoms with E-state index < -0.39 is 0 Å². The van der Waals surface area contributed by atoms with Crippen LogP contribution in [0.5, 0.6) is 5.75 Å². The molecule has 0 unspecified atom stereocenters. The zero-order valence-electron chi connectivity index (χ0n) is 10.5. The monoisotopic (exact) mass is 245 g/mol. The van der Waals surface area contributed by atoms with Gasteiger partial charge in [0.05, 0.1) is 7.11 Å². The highest BCUT2D eigenvalue weighted by Crippen LogP contribution is 2.31. The second-order valence-electron chi connectivity index (χ2n) is 4.19. The zero-order valence-corrected chi connectivity index (χ0v) is 10.5. The average molecular weight is 245 g/mol. The molecule has 2 rings (SSSR count). The van der Waals surface area contributed by atoms with E-state index in [1.54, 1.807) is 18.2 Å². The third kappa shape index (κ3) is 2.22. The van der Waals surface area contributed by atoms with Gasteiger partial charge in [-0.25, -0.2) is 4.39 Å². The quantitative estimate of drug-likeness (QED) is 0.900. The number of halogens is 1. The van der Waals surface area contributed by atoms with Gasteiger partial charge in [0.2, 0.25) is 0 Å². The number of methoxy groups -OCH3 is 1. The van der Waals surface area contributed by atoms with Gasteiger partial charge >= 0.3 is 0 Å². The SMILES string of the molecule is COc1cccc(-c2cc(C)ccc2CN)c1F. The standard InChI is InChI=1S/C15H16FNO/c1-10-6-7-11(9-17)13(8-10)12-4-3-5-14(18-2)15(12)16/h3-8H,9,17H2,1-2H3. The largest absolute Gasteiger partial charge is 0.494 e. The number of benzene rings is 2. The van der Waals surface area contributed by atoms with Crippen LogP contribution in [0.1, 0.15) is 11.1 Å². The van der Waals surface area contributed by atoms with Gasteiger partial charge < -0.3 is 10.5 Å². The van der Waals surface area contributed by atoms with Gasteiger partial charge in [0, 0.05) is 12.1 Å². The molecule has 0 aromatic heterocycles. The van der Waals surface area contributed by atoms with Crippen molar-refractivity contribution in [2.24, 2.45) is 5.73 Å². The Balaban J connectivity index is 2.64. The lowest BCUT2D eigenvalue weighted by Gasteiger charge is -2.12. The maximum atomic E-state index is 14.2. The van der Waals surface area contributed by atoms with Crippen molar-refractivity contribution in [2.75, 3.05) is 7.11 Å². The topological polar surface area (TPSA) is 35.2 Å². The maximum absolute atomic E-state index is 14.2. The van der Waals surface area contributed by atoms with Crippen LogP contribution in [-0.4, -0.2) is 7.11 Å². The molecular formula is C15H16FNO. The molecule has 2 aromatic carbocycles. The fourth-order valence-electron chi connectivity index (χ4n) is 2.00. The van der Waals surface area contributed by atoms with Gasteiger partial charge in [-0.05, 0) is 24.1 Å². The fraction of sp³-hybridized carbons (Fsp3) is 0.200. The van der Waals surface area contributed by atoms with E-state index in [0.29, 0.717) is 12.1 Å². The Hall–Kier alpha value is -1.87. The second kappa shape index (κ2) is 5.19. The van der Waals surface area contributed by atoms with Crippen LogP contribution >= 0.6 is 0 Å². The molecule has 3 heteroatoms. The number of rotatable bonds is 3. The van der Waals surface area contributed by atoms with Crippen molar-refractivity contribution >= 4 is 0 Å². The Morgan fingerprint density at radius 2 is 1.94 bits per heavy atom. The number of hydrogen-bond acceptors (Lipinski definition) is 2. The molecule has 0 bridgehead atoms. The Kier molecular flexibility index (Phi) is 3.63. The highest BCUT2D eigenvalue weighted by Gasteiger charge is 2.13. The molecule has 0 aliphatic carbocycles. The molecule has 2 aromatic rings. The molecule has 2 N–H and O–H groups in total. The van der Waals surface area contributed by atoms with Gasteiger partial charge in [0.15, 0.2) is 11.6 Å². The molecule has 0 radical (unpaired) electrons. The second-order valence-corrected chi connectivity index (χ2v) is 4.19. The first-order valence-electron chi connectivity index (χ1n) is 5.80. The first kappa shape index (κ1) is 12.6. The third-order valence-corrected chi connectivity index (χ3v) is 2.96. The molecule has 0 spiro atoms. The molecule has 18 heavy (non-hydrogen) atoms. The maximum Gasteiger partial charge on any atom is 0.172 e. The molecule has 0 saturated carbocycles. The summed E-state index contributed by atoms with van der Waals surface area (Å²) in [5.41, 5.74) is 9.06. The summed E-state index contributed by atoms with van der Waals surface area (Å²) in [4.78, 5) is 0. The molecule has 0 heterocycles. The predicted octanol–water partition coefficient (Wildman–Crippen LogP) is 3.27. The summed E-state index contributed by atoms with van der Waals surface area (Å²) >= 11 is 0. The summed E-state index contributed by atoms with van der Waals surface area (Å²) in [6.45, 7) is 2.36. The van der Waals surface area contributed by atoms with Crippen LogP contribution in [0.2, 0.25) is 0 Å². The Morgan fingerprint density at radius 3 is 2.61 bits per heavy atom. The molecule has 0 aliphatic heterocycles. The van der Waals surface area contributed by atoms with E-state index in [1.807, 2.05) is 25.1 Å². The van der Waals surface area contributed by atoms with Crippen LogP contribution in [0.3, 0.4) is 0 Å². The summed E-state index contributed by atoms with van der Waals surface area (Å²) < 4.78 is 19.2. The Labute approximate surface area is 106 Å². The van der Waals surface area contributed by atoms with Crippen molar-refractivity contribution in [1.29, 1.82) is 0 Å². The first-order valence-corrected chi connectivity index (χ1v) is 5.80. The summed E-state index contributed by atoms with van der Waals surface area (Å²) in [6, 6.07) is 11.0. The highest BCUT2D eigenvalue weighted by molar-refractivity contribution is 5.70. The van der Waals surface area contributed by atoms with Crippen LogP contribution in [0.25, 0.3) is 11.1 Å². The van der Waals surface area contributed by atoms with E-state index in [9.17, 15) is 4.39 Å². The third-order valence-electron chi connectivity index (χ3n) is 2.96. The minimum absolute atomic E-state index is 0.247. The van der Waals surface area contributed by atoms with Crippen molar-refractivity contribution in [3.63, 3.8) is 0 Å². The Bertz CT molecular complexity index is 566. The lowest BCUT2D eigenvalue weighted by Crippen LogP contribution is -2.01. The van der Waals surface area contributed by atoms with Crippen molar-refractivity contribution in [1.82, 2.24) is 0 Å². The van der Waals surface area contributed by atoms with Gasteiger partial charge in [-0.2, -0.15) is 0 Å². The number of ether oxygens (including phenoxy) is 1. The van der Waals surface area contributed by atoms with Crippen LogP contribution < -0.4 is 10.5 Å². The Morgan fingerprint density at radius 1 is 1.17 bits per heavy atom. The molecule has 0 amide bonds. The van der Waals surface area contributed by atoms with Gasteiger partial charge in [-0.15, -0.1) is 0 Å². The number of nitrogens with two attached hydrogens (primary N) is 1. The highest BCUT2D eigenvalue weighted by atomic mass is 19.1. The molecule has 94 valence electrons. The molecule has 0 aliphatic rings. The summed E-state index contributed by atoms with van der Waals surface area (Å²) in [5, 5.41) is 0. The van der Waals surface area contributed by atoms with E-state index in [4.69, 9.17) is 10.5 Å². The lowest BCUT2D eigenvalue weighted by atomic mass is 9.97. The normalized spacial score (nSPS) is 10.4. The minimum atomic E-state index is -0.347. The van der Waals surface area contributed by atoms with Crippen molar-refractivity contribution < 1.29 is 9.13 Å². The van der Waals surface area contributed by atoms with Crippen LogP contribution in [0.15, 0.2) is 36.4 Å². The minimum Gasteiger partial charge on any atom is -0.494 e. The summed E-state index contributed by atoms with van der Waals surface area (Å²) in [6.07, 6.45) is 0. The first-order chi connectivity index (χ1) is 8.67. The van der Waals surface area contributed by atoms with Crippen LogP contribution in [0.4, 0.5) is 4.39 Å². The molecule has 0 fully saturated rings. The molecule has 2 nitrogen and oxygen atoms in total. The number of aryl methyl sites for hydroxylation is 1. The van der Waals surface area contributed by atoms with E-state index in [2.05, 4.69) is 0 Å². The van der Waals surface area contributed by atoms with E-state index in [-0.39, 0.29) is 11.6 Å². The predicted molar refractivity (Wildman–Crippen MR) is 71.0 cm³/mol. The van der Waals surface area contributed by atoms with Crippen molar-refractivity contribution in [3.8, 4) is 16.9 Å². The molecular weight excluding hydrogens is 229 g/mol. The van der Waals surface area contributed by atoms with Crippen LogP contribution in [0, 0.1) is 12.7 Å². The van der Waals surface area contributed by atoms with E-state index in [1.165, 1.54) is 7.11 Å². The van der Waals surface area contributed by atoms with E-state index in [0.717, 1.165) is 16.7 Å². The van der Waals surface area contributed by atoms with Crippen LogP contribution in [-0.2, 0) is 6.54 Å². The average Bonchev–Trinajstić information content (AvgIpc) is 2.39. The summed E-state index contributed by atoms with van der Waals surface area (Å²) in [7, 11) is 1.46. The zero-order chi connectivity index (χ0) is 13.1. The molecule has 0 atom stereocenters. The van der Waals surface area contributed by atoms with Gasteiger partial charge in [-0.1, -0.05) is 35.9 Å². The molecule has 0 saturated heterocycles. The van der Waals surface area contributed by atoms with Crippen molar-refractivity contribution in [3.05, 3.63) is 53.3 Å². The summed E-state index contributed by atoms with van der Waals surface area (Å²) in [5.74, 6) is -0.0997. The fourth-order valence-corrected chi connectivity index (χ4v) is 2.00. The van der Waals surface area contributed by atoms with E-state index >= 15 is 0 Å². The van der Waals surface area contributed by atoms with Gasteiger partial charge in [0.1, 0.15) is 0 Å². The smallest absolute Gasteiger partial charge is 0.172 e. The lowest BCUT2D eigenvalue weighted by molar-refractivity contribution is 0.387. The van der Waals surface area contributed by atoms with Gasteiger partial charge in [0.25, 0.3) is 0 Å². The number of hydrogen-bond donors (Lipinski definition) is 1. The van der Waals surface area contributed by atoms with Gasteiger partial charge in [-0.3, -0.25) is 0 Å².